The van der Waals surface area contributed by atoms with Gasteiger partial charge in [-0.25, -0.2) is 13.6 Å². The Bertz CT molecular complexity index is 653. The van der Waals surface area contributed by atoms with Gasteiger partial charge >= 0.3 is 5.97 Å². The van der Waals surface area contributed by atoms with Crippen LogP contribution in [0.1, 0.15) is 50.2 Å². The summed E-state index contributed by atoms with van der Waals surface area (Å²) in [6, 6.07) is 4.91. The maximum absolute atomic E-state index is 14.4. The minimum absolute atomic E-state index is 0.0103. The SMILES string of the molecule is CCCCc1ccc(C2=C(F)CC(OC(=O)/C=C/Cl)CC2)cc1F. The Balaban J connectivity index is 2.09. The number of hydrogen-bond donors (Lipinski definition) is 0. The van der Waals surface area contributed by atoms with Gasteiger partial charge in [0.2, 0.25) is 0 Å². The third kappa shape index (κ3) is 4.91. The number of halogens is 3. The predicted octanol–water partition coefficient (Wildman–Crippen LogP) is 5.70. The Morgan fingerprint density at radius 3 is 2.83 bits per heavy atom. The Kier molecular flexibility index (Phi) is 6.98. The molecule has 1 aliphatic rings. The second kappa shape index (κ2) is 8.97. The van der Waals surface area contributed by atoms with E-state index in [2.05, 4.69) is 6.92 Å². The molecule has 0 spiro atoms. The van der Waals surface area contributed by atoms with Gasteiger partial charge in [0.05, 0.1) is 0 Å². The standard InChI is InChI=1S/C19H21ClF2O2/c1-2-3-4-13-5-6-14(11-17(13)21)16-8-7-15(12-18(16)22)24-19(23)9-10-20/h5-6,9-11,15H,2-4,7-8,12H2,1H3/b10-9+. The third-order valence-electron chi connectivity index (χ3n) is 4.13. The first-order valence-corrected chi connectivity index (χ1v) is 8.62. The first kappa shape index (κ1) is 18.7. The molecule has 0 bridgehead atoms. The average molecular weight is 355 g/mol. The highest BCUT2D eigenvalue weighted by molar-refractivity contribution is 6.26. The second-order valence-corrected chi connectivity index (χ2v) is 6.14. The topological polar surface area (TPSA) is 26.3 Å². The fraction of sp³-hybridized carbons (Fsp3) is 0.421. The van der Waals surface area contributed by atoms with Crippen molar-refractivity contribution in [1.82, 2.24) is 0 Å². The summed E-state index contributed by atoms with van der Waals surface area (Å²) in [5.74, 6) is -1.23. The zero-order chi connectivity index (χ0) is 17.5. The molecule has 1 unspecified atom stereocenters. The smallest absolute Gasteiger partial charge is 0.331 e. The van der Waals surface area contributed by atoms with Crippen molar-refractivity contribution in [3.8, 4) is 0 Å². The van der Waals surface area contributed by atoms with Gasteiger partial charge in [0.15, 0.2) is 0 Å². The summed E-state index contributed by atoms with van der Waals surface area (Å²) in [7, 11) is 0. The van der Waals surface area contributed by atoms with E-state index in [9.17, 15) is 13.6 Å². The van der Waals surface area contributed by atoms with E-state index in [1.54, 1.807) is 12.1 Å². The molecule has 1 atom stereocenters. The Morgan fingerprint density at radius 1 is 1.42 bits per heavy atom. The van der Waals surface area contributed by atoms with Crippen LogP contribution in [0.4, 0.5) is 8.78 Å². The number of carbonyl (C=O) groups excluding carboxylic acids is 1. The van der Waals surface area contributed by atoms with Gasteiger partial charge in [0.25, 0.3) is 0 Å². The predicted molar refractivity (Wildman–Crippen MR) is 91.8 cm³/mol. The van der Waals surface area contributed by atoms with Gasteiger partial charge in [-0.3, -0.25) is 0 Å². The summed E-state index contributed by atoms with van der Waals surface area (Å²) in [6.45, 7) is 2.06. The molecule has 0 saturated heterocycles. The van der Waals surface area contributed by atoms with Crippen LogP contribution >= 0.6 is 11.6 Å². The molecule has 0 saturated carbocycles. The quantitative estimate of drug-likeness (QED) is 0.484. The van der Waals surface area contributed by atoms with Crippen LogP contribution in [0, 0.1) is 5.82 Å². The molecule has 1 aliphatic carbocycles. The minimum Gasteiger partial charge on any atom is -0.459 e. The van der Waals surface area contributed by atoms with Crippen molar-refractivity contribution >= 4 is 23.1 Å². The summed E-state index contributed by atoms with van der Waals surface area (Å²) in [5, 5.41) is 0. The van der Waals surface area contributed by atoms with E-state index in [0.29, 0.717) is 36.0 Å². The molecule has 24 heavy (non-hydrogen) atoms. The number of benzene rings is 1. The Labute approximate surface area is 146 Å². The van der Waals surface area contributed by atoms with E-state index in [1.165, 1.54) is 6.07 Å². The second-order valence-electron chi connectivity index (χ2n) is 5.89. The largest absolute Gasteiger partial charge is 0.459 e. The fourth-order valence-electron chi connectivity index (χ4n) is 2.83. The monoisotopic (exact) mass is 354 g/mol. The van der Waals surface area contributed by atoms with Crippen LogP contribution in [-0.2, 0) is 16.0 Å². The molecular formula is C19H21ClF2O2. The molecule has 130 valence electrons. The maximum Gasteiger partial charge on any atom is 0.331 e. The molecule has 2 rings (SSSR count). The van der Waals surface area contributed by atoms with Gasteiger partial charge in [0, 0.05) is 18.0 Å². The van der Waals surface area contributed by atoms with Crippen LogP contribution in [0.3, 0.4) is 0 Å². The summed E-state index contributed by atoms with van der Waals surface area (Å²) >= 11 is 5.30. The van der Waals surface area contributed by atoms with Gasteiger partial charge in [-0.1, -0.05) is 37.1 Å². The Morgan fingerprint density at radius 2 is 2.21 bits per heavy atom. The van der Waals surface area contributed by atoms with Gasteiger partial charge < -0.3 is 4.74 Å². The van der Waals surface area contributed by atoms with Crippen LogP contribution in [0.15, 0.2) is 35.6 Å². The summed E-state index contributed by atoms with van der Waals surface area (Å²) in [4.78, 5) is 11.4. The molecule has 0 radical (unpaired) electrons. The number of allylic oxidation sites excluding steroid dienone is 1. The highest BCUT2D eigenvalue weighted by Gasteiger charge is 2.25. The lowest BCUT2D eigenvalue weighted by Gasteiger charge is -2.23. The molecule has 1 aromatic rings. The number of unbranched alkanes of at least 4 members (excludes halogenated alkanes) is 1. The van der Waals surface area contributed by atoms with Crippen LogP contribution < -0.4 is 0 Å². The Hall–Kier alpha value is -1.68. The molecular weight excluding hydrogens is 334 g/mol. The van der Waals surface area contributed by atoms with Crippen molar-refractivity contribution in [2.45, 2.75) is 51.6 Å². The van der Waals surface area contributed by atoms with Crippen molar-refractivity contribution < 1.29 is 18.3 Å². The zero-order valence-corrected chi connectivity index (χ0v) is 14.4. The van der Waals surface area contributed by atoms with E-state index in [4.69, 9.17) is 16.3 Å². The van der Waals surface area contributed by atoms with Crippen LogP contribution in [0.5, 0.6) is 0 Å². The molecule has 0 aromatic heterocycles. The molecule has 0 amide bonds. The van der Waals surface area contributed by atoms with Gasteiger partial charge in [-0.2, -0.15) is 0 Å². The lowest BCUT2D eigenvalue weighted by atomic mass is 9.90. The normalized spacial score (nSPS) is 18.2. The van der Waals surface area contributed by atoms with E-state index in [-0.39, 0.29) is 18.1 Å². The summed E-state index contributed by atoms with van der Waals surface area (Å²) in [6.07, 6.45) is 4.11. The van der Waals surface area contributed by atoms with E-state index < -0.39 is 12.1 Å². The number of ether oxygens (including phenoxy) is 1. The van der Waals surface area contributed by atoms with Crippen LogP contribution in [0.25, 0.3) is 5.57 Å². The number of carbonyl (C=O) groups is 1. The number of rotatable bonds is 6. The van der Waals surface area contributed by atoms with E-state index in [0.717, 1.165) is 24.5 Å². The lowest BCUT2D eigenvalue weighted by molar-refractivity contribution is -0.143. The lowest BCUT2D eigenvalue weighted by Crippen LogP contribution is -2.20. The third-order valence-corrected chi connectivity index (χ3v) is 4.26. The number of esters is 1. The maximum atomic E-state index is 14.4. The van der Waals surface area contributed by atoms with Crippen molar-refractivity contribution in [1.29, 1.82) is 0 Å². The molecule has 2 nitrogen and oxygen atoms in total. The van der Waals surface area contributed by atoms with Gasteiger partial charge in [0.1, 0.15) is 17.7 Å². The minimum atomic E-state index is -0.586. The first-order valence-electron chi connectivity index (χ1n) is 8.18. The molecule has 0 heterocycles. The average Bonchev–Trinajstić information content (AvgIpc) is 2.54. The molecule has 0 aliphatic heterocycles. The molecule has 0 fully saturated rings. The highest BCUT2D eigenvalue weighted by atomic mass is 35.5. The summed E-state index contributed by atoms with van der Waals surface area (Å²) < 4.78 is 33.6. The zero-order valence-electron chi connectivity index (χ0n) is 13.7. The van der Waals surface area contributed by atoms with Crippen molar-refractivity contribution in [3.05, 3.63) is 52.6 Å². The summed E-state index contributed by atoms with van der Waals surface area (Å²) in [5.41, 5.74) is 2.79. The van der Waals surface area contributed by atoms with Gasteiger partial charge in [-0.15, -0.1) is 0 Å². The van der Waals surface area contributed by atoms with Crippen molar-refractivity contribution in [2.24, 2.45) is 0 Å². The highest BCUT2D eigenvalue weighted by Crippen LogP contribution is 2.35. The number of hydrogen-bond acceptors (Lipinski definition) is 2. The van der Waals surface area contributed by atoms with Gasteiger partial charge in [-0.05, 0) is 48.4 Å². The van der Waals surface area contributed by atoms with Crippen molar-refractivity contribution in [2.75, 3.05) is 0 Å². The molecule has 5 heteroatoms. The van der Waals surface area contributed by atoms with E-state index in [1.807, 2.05) is 0 Å². The first-order chi connectivity index (χ1) is 11.5. The fourth-order valence-corrected chi connectivity index (χ4v) is 2.93. The molecule has 1 aromatic carbocycles. The van der Waals surface area contributed by atoms with Crippen LogP contribution in [-0.4, -0.2) is 12.1 Å². The molecule has 0 N–H and O–H groups in total. The van der Waals surface area contributed by atoms with Crippen LogP contribution in [0.2, 0.25) is 0 Å². The van der Waals surface area contributed by atoms with Crippen molar-refractivity contribution in [3.63, 3.8) is 0 Å². The number of aryl methyl sites for hydroxylation is 1. The van der Waals surface area contributed by atoms with E-state index >= 15 is 0 Å².